The highest BCUT2D eigenvalue weighted by Crippen LogP contribution is 2.33. The summed E-state index contributed by atoms with van der Waals surface area (Å²) in [5.41, 5.74) is 2.07. The molecule has 12 heteroatoms. The summed E-state index contributed by atoms with van der Waals surface area (Å²) in [5, 5.41) is 13.8. The molecule has 5 aromatic rings. The predicted octanol–water partition coefficient (Wildman–Crippen LogP) is 4.57. The van der Waals surface area contributed by atoms with E-state index in [9.17, 15) is 23.9 Å². The molecular formula is C36H38FN7O4. The molecular weight excluding hydrogens is 613 g/mol. The number of benzene rings is 2. The number of fused-ring (bicyclic) bond motifs is 2. The van der Waals surface area contributed by atoms with Gasteiger partial charge in [-0.3, -0.25) is 14.2 Å². The van der Waals surface area contributed by atoms with Gasteiger partial charge in [0.05, 0.1) is 17.3 Å². The lowest BCUT2D eigenvalue weighted by Gasteiger charge is -2.30. The minimum absolute atomic E-state index is 0.00447. The SMILES string of the molecule is CN(C)Cc1c(O)cccc1-c1cccc(-n2c(=O)n([C@H]3CC[C@@H](NC(=O)c4cn5c(n4)CCCC5)CC3)c(=O)c3cc(F)cnc32)c1. The van der Waals surface area contributed by atoms with Gasteiger partial charge >= 0.3 is 5.69 Å². The zero-order valence-corrected chi connectivity index (χ0v) is 27.0. The fourth-order valence-corrected chi connectivity index (χ4v) is 7.14. The van der Waals surface area contributed by atoms with E-state index in [-0.39, 0.29) is 28.7 Å². The van der Waals surface area contributed by atoms with Crippen LogP contribution in [0.3, 0.4) is 0 Å². The number of halogens is 1. The second-order valence-electron chi connectivity index (χ2n) is 13.1. The summed E-state index contributed by atoms with van der Waals surface area (Å²) in [4.78, 5) is 51.9. The number of carbonyl (C=O) groups excluding carboxylic acids is 1. The van der Waals surface area contributed by atoms with Crippen LogP contribution in [0.25, 0.3) is 27.8 Å². The van der Waals surface area contributed by atoms with Crippen molar-refractivity contribution in [2.24, 2.45) is 0 Å². The van der Waals surface area contributed by atoms with Crippen molar-refractivity contribution < 1.29 is 14.3 Å². The lowest BCUT2D eigenvalue weighted by molar-refractivity contribution is 0.0917. The zero-order chi connectivity index (χ0) is 33.5. The highest BCUT2D eigenvalue weighted by atomic mass is 19.1. The molecule has 4 heterocycles. The van der Waals surface area contributed by atoms with Crippen molar-refractivity contribution in [3.05, 3.63) is 105 Å². The number of nitrogens with one attached hydrogen (secondary N) is 1. The Morgan fingerprint density at radius 3 is 2.62 bits per heavy atom. The van der Waals surface area contributed by atoms with Gasteiger partial charge < -0.3 is 19.9 Å². The van der Waals surface area contributed by atoms with Crippen molar-refractivity contribution in [3.8, 4) is 22.6 Å². The molecule has 2 N–H and O–H groups in total. The monoisotopic (exact) mass is 651 g/mol. The van der Waals surface area contributed by atoms with E-state index in [1.807, 2.05) is 48.0 Å². The topological polar surface area (TPSA) is 127 Å². The lowest BCUT2D eigenvalue weighted by atomic mass is 9.90. The Balaban J connectivity index is 1.21. The number of phenols is 1. The van der Waals surface area contributed by atoms with Gasteiger partial charge in [-0.25, -0.2) is 23.7 Å². The Morgan fingerprint density at radius 1 is 1.06 bits per heavy atom. The summed E-state index contributed by atoms with van der Waals surface area (Å²) in [5.74, 6) is 0.211. The van der Waals surface area contributed by atoms with Gasteiger partial charge in [-0.2, -0.15) is 0 Å². The standard InChI is InChI=1S/C36H38FN7O4/c1-41(2)20-29-27(9-6-10-31(29)45)22-7-5-8-26(17-22)43-33-28(18-23(37)19-38-33)35(47)44(36(43)48)25-14-12-24(13-15-25)39-34(46)30-21-42-16-4-3-11-32(42)40-30/h5-10,17-19,21,24-25,45H,3-4,11-16,20H2,1-2H3,(H,39,46)/t24-,25+. The summed E-state index contributed by atoms with van der Waals surface area (Å²) < 4.78 is 19.1. The van der Waals surface area contributed by atoms with Gasteiger partial charge in [0.1, 0.15) is 23.1 Å². The Labute approximate surface area is 276 Å². The maximum Gasteiger partial charge on any atom is 0.337 e. The molecule has 48 heavy (non-hydrogen) atoms. The van der Waals surface area contributed by atoms with Crippen LogP contribution in [0.4, 0.5) is 4.39 Å². The number of hydrogen-bond donors (Lipinski definition) is 2. The van der Waals surface area contributed by atoms with Crippen molar-refractivity contribution in [3.63, 3.8) is 0 Å². The van der Waals surface area contributed by atoms with Crippen LogP contribution >= 0.6 is 0 Å². The Morgan fingerprint density at radius 2 is 1.85 bits per heavy atom. The van der Waals surface area contributed by atoms with Gasteiger partial charge in [-0.05, 0) is 88.0 Å². The van der Waals surface area contributed by atoms with Crippen LogP contribution in [0.2, 0.25) is 0 Å². The normalized spacial score (nSPS) is 17.8. The van der Waals surface area contributed by atoms with E-state index in [0.29, 0.717) is 43.6 Å². The highest BCUT2D eigenvalue weighted by molar-refractivity contribution is 5.92. The van der Waals surface area contributed by atoms with Crippen molar-refractivity contribution >= 4 is 16.9 Å². The van der Waals surface area contributed by atoms with Gasteiger partial charge in [-0.1, -0.05) is 24.3 Å². The number of aromatic hydroxyl groups is 1. The third kappa shape index (κ3) is 5.92. The number of imidazole rings is 1. The van der Waals surface area contributed by atoms with Gasteiger partial charge in [-0.15, -0.1) is 0 Å². The molecule has 3 aromatic heterocycles. The predicted molar refractivity (Wildman–Crippen MR) is 180 cm³/mol. The maximum absolute atomic E-state index is 14.5. The number of nitrogens with zero attached hydrogens (tertiary/aromatic N) is 6. The molecule has 2 aromatic carbocycles. The Bertz CT molecular complexity index is 2120. The molecule has 1 amide bonds. The van der Waals surface area contributed by atoms with Crippen molar-refractivity contribution in [2.45, 2.75) is 70.1 Å². The first-order valence-corrected chi connectivity index (χ1v) is 16.4. The quantitative estimate of drug-likeness (QED) is 0.264. The minimum atomic E-state index is -0.675. The van der Waals surface area contributed by atoms with Gasteiger partial charge in [0, 0.05) is 43.4 Å². The molecule has 0 radical (unpaired) electrons. The number of phenolic OH excluding ortho intramolecular Hbond substituents is 1. The van der Waals surface area contributed by atoms with Gasteiger partial charge in [0.2, 0.25) is 0 Å². The van der Waals surface area contributed by atoms with E-state index in [4.69, 9.17) is 0 Å². The molecule has 0 atom stereocenters. The average molecular weight is 652 g/mol. The van der Waals surface area contributed by atoms with Crippen LogP contribution in [-0.4, -0.2) is 59.7 Å². The van der Waals surface area contributed by atoms with Crippen LogP contribution in [-0.2, 0) is 19.5 Å². The summed E-state index contributed by atoms with van der Waals surface area (Å²) >= 11 is 0. The van der Waals surface area contributed by atoms with Crippen LogP contribution in [0.5, 0.6) is 5.75 Å². The maximum atomic E-state index is 14.5. The van der Waals surface area contributed by atoms with Crippen molar-refractivity contribution in [1.82, 2.24) is 33.9 Å². The number of amides is 1. The largest absolute Gasteiger partial charge is 0.508 e. The fraction of sp³-hybridized carbons (Fsp3) is 0.361. The lowest BCUT2D eigenvalue weighted by Crippen LogP contribution is -2.45. The van der Waals surface area contributed by atoms with E-state index in [2.05, 4.69) is 15.3 Å². The molecule has 2 aliphatic rings. The van der Waals surface area contributed by atoms with Crippen molar-refractivity contribution in [2.75, 3.05) is 14.1 Å². The van der Waals surface area contributed by atoms with Crippen molar-refractivity contribution in [1.29, 1.82) is 0 Å². The summed E-state index contributed by atoms with van der Waals surface area (Å²) in [6, 6.07) is 13.1. The molecule has 1 fully saturated rings. The highest BCUT2D eigenvalue weighted by Gasteiger charge is 2.29. The summed E-state index contributed by atoms with van der Waals surface area (Å²) in [6.07, 6.45) is 7.92. The third-order valence-corrected chi connectivity index (χ3v) is 9.47. The zero-order valence-electron chi connectivity index (χ0n) is 27.0. The van der Waals surface area contributed by atoms with E-state index in [1.165, 1.54) is 9.13 Å². The molecule has 0 bridgehead atoms. The third-order valence-electron chi connectivity index (χ3n) is 9.47. The van der Waals surface area contributed by atoms with E-state index in [1.54, 1.807) is 24.3 Å². The minimum Gasteiger partial charge on any atom is -0.508 e. The molecule has 0 unspecified atom stereocenters. The number of carbonyl (C=O) groups is 1. The molecule has 7 rings (SSSR count). The first kappa shape index (κ1) is 31.5. The van der Waals surface area contributed by atoms with E-state index in [0.717, 1.165) is 60.6 Å². The smallest absolute Gasteiger partial charge is 0.337 e. The molecule has 0 saturated heterocycles. The summed E-state index contributed by atoms with van der Waals surface area (Å²) in [7, 11) is 3.83. The molecule has 0 spiro atoms. The number of pyridine rings is 1. The van der Waals surface area contributed by atoms with Crippen LogP contribution in [0.1, 0.15) is 66.4 Å². The average Bonchev–Trinajstić information content (AvgIpc) is 3.52. The second-order valence-corrected chi connectivity index (χ2v) is 13.1. The van der Waals surface area contributed by atoms with Crippen LogP contribution in [0, 0.1) is 5.82 Å². The summed E-state index contributed by atoms with van der Waals surface area (Å²) in [6.45, 7) is 1.37. The first-order chi connectivity index (χ1) is 23.2. The van der Waals surface area contributed by atoms with E-state index < -0.39 is 23.1 Å². The number of aryl methyl sites for hydroxylation is 2. The Hall–Kier alpha value is -5.10. The Kier molecular flexibility index (Phi) is 8.42. The molecule has 248 valence electrons. The number of aromatic nitrogens is 5. The van der Waals surface area contributed by atoms with Gasteiger partial charge in [0.25, 0.3) is 11.5 Å². The fourth-order valence-electron chi connectivity index (χ4n) is 7.14. The van der Waals surface area contributed by atoms with Crippen LogP contribution < -0.4 is 16.6 Å². The molecule has 1 saturated carbocycles. The second kappa shape index (κ2) is 12.8. The molecule has 1 aliphatic heterocycles. The van der Waals surface area contributed by atoms with Gasteiger partial charge in [0.15, 0.2) is 5.65 Å². The number of rotatable bonds is 7. The molecule has 1 aliphatic carbocycles. The molecule has 11 nitrogen and oxygen atoms in total. The number of hydrogen-bond acceptors (Lipinski definition) is 7. The first-order valence-electron chi connectivity index (χ1n) is 16.4. The van der Waals surface area contributed by atoms with Crippen LogP contribution in [0.15, 0.2) is 70.5 Å². The van der Waals surface area contributed by atoms with E-state index >= 15 is 0 Å².